The van der Waals surface area contributed by atoms with Gasteiger partial charge in [0.05, 0.1) is 29.5 Å². The van der Waals surface area contributed by atoms with Crippen LogP contribution in [0.1, 0.15) is 26.3 Å². The minimum Gasteiger partial charge on any atom is -0.493 e. The normalized spacial score (nSPS) is 10.7. The molecule has 3 aromatic carbocycles. The summed E-state index contributed by atoms with van der Waals surface area (Å²) in [6, 6.07) is 16.3. The second kappa shape index (κ2) is 10.4. The molecule has 0 aromatic heterocycles. The number of carbonyl (C=O) groups excluding carboxylic acids is 2. The number of hydrogen-bond acceptors (Lipinski definition) is 5. The van der Waals surface area contributed by atoms with E-state index in [1.54, 1.807) is 42.5 Å². The summed E-state index contributed by atoms with van der Waals surface area (Å²) < 4.78 is 11.5. The zero-order chi connectivity index (χ0) is 22.4. The van der Waals surface area contributed by atoms with Gasteiger partial charge in [0.1, 0.15) is 0 Å². The number of halogens is 3. The summed E-state index contributed by atoms with van der Waals surface area (Å²) in [5.41, 5.74) is 3.64. The summed E-state index contributed by atoms with van der Waals surface area (Å²) in [7, 11) is 1.46. The number of nitrogens with zero attached hydrogens (tertiary/aromatic N) is 1. The summed E-state index contributed by atoms with van der Waals surface area (Å²) in [6.45, 7) is 0. The minimum absolute atomic E-state index is 0.221. The lowest BCUT2D eigenvalue weighted by Gasteiger charge is -2.10. The Kier molecular flexibility index (Phi) is 7.68. The zero-order valence-electron chi connectivity index (χ0n) is 16.1. The lowest BCUT2D eigenvalue weighted by atomic mass is 10.2. The topological polar surface area (TPSA) is 77.0 Å². The Balaban J connectivity index is 1.69. The molecule has 0 saturated heterocycles. The molecule has 158 valence electrons. The number of hydrogen-bond donors (Lipinski definition) is 1. The Morgan fingerprint density at radius 1 is 1.03 bits per heavy atom. The molecule has 0 aliphatic rings. The first kappa shape index (κ1) is 22.8. The van der Waals surface area contributed by atoms with Crippen molar-refractivity contribution >= 4 is 57.2 Å². The van der Waals surface area contributed by atoms with E-state index in [-0.39, 0.29) is 16.3 Å². The number of carbonyl (C=O) groups is 2. The predicted octanol–water partition coefficient (Wildman–Crippen LogP) is 5.75. The Hall–Kier alpha value is -2.87. The minimum atomic E-state index is -0.520. The van der Waals surface area contributed by atoms with Crippen molar-refractivity contribution in [2.24, 2.45) is 5.10 Å². The van der Waals surface area contributed by atoms with Gasteiger partial charge in [0.25, 0.3) is 5.91 Å². The molecule has 0 aliphatic carbocycles. The Labute approximate surface area is 196 Å². The third-order valence-electron chi connectivity index (χ3n) is 4.01. The molecular weight excluding hydrogens is 507 g/mol. The van der Waals surface area contributed by atoms with Crippen LogP contribution < -0.4 is 14.9 Å². The number of amides is 1. The zero-order valence-corrected chi connectivity index (χ0v) is 19.2. The molecule has 1 N–H and O–H groups in total. The van der Waals surface area contributed by atoms with Crippen molar-refractivity contribution < 1.29 is 19.1 Å². The van der Waals surface area contributed by atoms with Gasteiger partial charge in [0, 0.05) is 9.50 Å². The number of ether oxygens (including phenoxy) is 2. The smallest absolute Gasteiger partial charge is 0.343 e. The molecule has 0 saturated carbocycles. The van der Waals surface area contributed by atoms with Crippen LogP contribution in [-0.4, -0.2) is 25.2 Å². The van der Waals surface area contributed by atoms with Gasteiger partial charge in [-0.25, -0.2) is 10.2 Å². The van der Waals surface area contributed by atoms with Gasteiger partial charge in [0.15, 0.2) is 11.5 Å². The quantitative estimate of drug-likeness (QED) is 0.194. The first-order valence-corrected chi connectivity index (χ1v) is 10.4. The molecule has 3 aromatic rings. The van der Waals surface area contributed by atoms with Crippen LogP contribution in [0.25, 0.3) is 0 Å². The number of nitrogens with one attached hydrogen (secondary N) is 1. The Bertz CT molecular complexity index is 1170. The fraction of sp³-hybridized carbons (Fsp3) is 0.0455. The SMILES string of the molecule is COc1cc(/C=N/NC(=O)c2ccc(Cl)cc2Cl)ccc1OC(=O)c1cccc(Br)c1. The first-order chi connectivity index (χ1) is 14.9. The van der Waals surface area contributed by atoms with E-state index in [0.29, 0.717) is 21.9 Å². The Morgan fingerprint density at radius 3 is 2.55 bits per heavy atom. The van der Waals surface area contributed by atoms with E-state index in [2.05, 4.69) is 26.5 Å². The Morgan fingerprint density at radius 2 is 1.84 bits per heavy atom. The van der Waals surface area contributed by atoms with Gasteiger partial charge in [-0.2, -0.15) is 5.10 Å². The molecule has 31 heavy (non-hydrogen) atoms. The van der Waals surface area contributed by atoms with Gasteiger partial charge in [-0.3, -0.25) is 4.79 Å². The molecule has 0 spiro atoms. The lowest BCUT2D eigenvalue weighted by molar-refractivity contribution is 0.0729. The van der Waals surface area contributed by atoms with Crippen LogP contribution in [0.15, 0.2) is 70.2 Å². The molecule has 3 rings (SSSR count). The van der Waals surface area contributed by atoms with E-state index < -0.39 is 11.9 Å². The van der Waals surface area contributed by atoms with Crippen LogP contribution in [0.4, 0.5) is 0 Å². The predicted molar refractivity (Wildman–Crippen MR) is 124 cm³/mol. The van der Waals surface area contributed by atoms with Crippen LogP contribution in [0.5, 0.6) is 11.5 Å². The third kappa shape index (κ3) is 6.07. The van der Waals surface area contributed by atoms with Crippen molar-refractivity contribution in [2.45, 2.75) is 0 Å². The molecule has 0 heterocycles. The molecule has 1 amide bonds. The molecule has 0 aliphatic heterocycles. The number of esters is 1. The number of rotatable bonds is 6. The van der Waals surface area contributed by atoms with Crippen LogP contribution >= 0.6 is 39.1 Å². The van der Waals surface area contributed by atoms with E-state index in [1.807, 2.05) is 6.07 Å². The molecule has 9 heteroatoms. The maximum Gasteiger partial charge on any atom is 0.343 e. The largest absolute Gasteiger partial charge is 0.493 e. The lowest BCUT2D eigenvalue weighted by Crippen LogP contribution is -2.18. The maximum absolute atomic E-state index is 12.4. The average molecular weight is 522 g/mol. The highest BCUT2D eigenvalue weighted by molar-refractivity contribution is 9.10. The number of benzene rings is 3. The summed E-state index contributed by atoms with van der Waals surface area (Å²) in [4.78, 5) is 24.5. The van der Waals surface area contributed by atoms with Gasteiger partial charge in [-0.15, -0.1) is 0 Å². The molecule has 0 fully saturated rings. The van der Waals surface area contributed by atoms with Crippen molar-refractivity contribution in [2.75, 3.05) is 7.11 Å². The monoisotopic (exact) mass is 520 g/mol. The first-order valence-electron chi connectivity index (χ1n) is 8.81. The number of methoxy groups -OCH3 is 1. The van der Waals surface area contributed by atoms with Gasteiger partial charge in [0.2, 0.25) is 0 Å². The highest BCUT2D eigenvalue weighted by atomic mass is 79.9. The van der Waals surface area contributed by atoms with Crippen molar-refractivity contribution in [3.8, 4) is 11.5 Å². The summed E-state index contributed by atoms with van der Waals surface area (Å²) in [5, 5.41) is 4.57. The summed E-state index contributed by atoms with van der Waals surface area (Å²) in [5.74, 6) is -0.418. The van der Waals surface area contributed by atoms with E-state index in [9.17, 15) is 9.59 Å². The fourth-order valence-electron chi connectivity index (χ4n) is 2.52. The van der Waals surface area contributed by atoms with E-state index >= 15 is 0 Å². The van der Waals surface area contributed by atoms with E-state index in [1.165, 1.54) is 25.5 Å². The fourth-order valence-corrected chi connectivity index (χ4v) is 3.42. The molecule has 0 atom stereocenters. The van der Waals surface area contributed by atoms with Crippen molar-refractivity contribution in [3.63, 3.8) is 0 Å². The van der Waals surface area contributed by atoms with Gasteiger partial charge in [-0.1, -0.05) is 45.2 Å². The summed E-state index contributed by atoms with van der Waals surface area (Å²) in [6.07, 6.45) is 1.42. The van der Waals surface area contributed by atoms with Crippen molar-refractivity contribution in [1.29, 1.82) is 0 Å². The van der Waals surface area contributed by atoms with Crippen LogP contribution in [-0.2, 0) is 0 Å². The average Bonchev–Trinajstić information content (AvgIpc) is 2.74. The standard InChI is InChI=1S/C22H15BrCl2N2O4/c1-30-20-9-13(12-26-27-21(28)17-7-6-16(24)11-18(17)25)5-8-19(20)31-22(29)14-3-2-4-15(23)10-14/h2-12H,1H3,(H,27,28)/b26-12+. The highest BCUT2D eigenvalue weighted by Crippen LogP contribution is 2.28. The van der Waals surface area contributed by atoms with Crippen molar-refractivity contribution in [1.82, 2.24) is 5.43 Å². The van der Waals surface area contributed by atoms with Crippen LogP contribution in [0.3, 0.4) is 0 Å². The molecule has 0 bridgehead atoms. The summed E-state index contributed by atoms with van der Waals surface area (Å²) >= 11 is 15.2. The second-order valence-electron chi connectivity index (χ2n) is 6.13. The maximum atomic E-state index is 12.4. The van der Waals surface area contributed by atoms with Crippen LogP contribution in [0, 0.1) is 0 Å². The van der Waals surface area contributed by atoms with Gasteiger partial charge in [-0.05, 0) is 60.2 Å². The molecular formula is C22H15BrCl2N2O4. The third-order valence-corrected chi connectivity index (χ3v) is 5.05. The van der Waals surface area contributed by atoms with Gasteiger partial charge < -0.3 is 9.47 Å². The van der Waals surface area contributed by atoms with Gasteiger partial charge >= 0.3 is 5.97 Å². The van der Waals surface area contributed by atoms with Crippen molar-refractivity contribution in [3.05, 3.63) is 91.9 Å². The molecule has 6 nitrogen and oxygen atoms in total. The second-order valence-corrected chi connectivity index (χ2v) is 7.89. The van der Waals surface area contributed by atoms with E-state index in [0.717, 1.165) is 4.47 Å². The van der Waals surface area contributed by atoms with E-state index in [4.69, 9.17) is 32.7 Å². The number of hydrazone groups is 1. The highest BCUT2D eigenvalue weighted by Gasteiger charge is 2.13. The molecule has 0 radical (unpaired) electrons. The van der Waals surface area contributed by atoms with Crippen LogP contribution in [0.2, 0.25) is 10.0 Å². The molecule has 0 unspecified atom stereocenters.